The quantitative estimate of drug-likeness (QED) is 0.778. The van der Waals surface area contributed by atoms with Crippen LogP contribution < -0.4 is 0 Å². The normalized spacial score (nSPS) is 10.9. The topological polar surface area (TPSA) is 34.9 Å². The zero-order chi connectivity index (χ0) is 13.3. The number of imidazole rings is 1. The zero-order valence-electron chi connectivity index (χ0n) is 10.6. The molecule has 18 heavy (non-hydrogen) atoms. The molecular weight excluding hydrogens is 231 g/mol. The molecule has 0 N–H and O–H groups in total. The fourth-order valence-corrected chi connectivity index (χ4v) is 2.01. The standard InChI is InChI=1S/C14H15FN2O/c1-9(2)14-16-7-8-17(14)12-6-4-5-11(15)13(12)10(3)18/h4-9H,1-3H3. The molecule has 1 aromatic carbocycles. The van der Waals surface area contributed by atoms with E-state index < -0.39 is 5.82 Å². The van der Waals surface area contributed by atoms with Crippen LogP contribution in [0.25, 0.3) is 5.69 Å². The number of aromatic nitrogens is 2. The molecule has 0 amide bonds. The molecule has 0 aliphatic carbocycles. The summed E-state index contributed by atoms with van der Waals surface area (Å²) in [5.74, 6) is 0.223. The van der Waals surface area contributed by atoms with Crippen molar-refractivity contribution in [3.05, 3.63) is 47.8 Å². The molecule has 94 valence electrons. The van der Waals surface area contributed by atoms with Gasteiger partial charge in [0, 0.05) is 18.3 Å². The lowest BCUT2D eigenvalue weighted by Crippen LogP contribution is -2.09. The van der Waals surface area contributed by atoms with Gasteiger partial charge in [0.1, 0.15) is 11.6 Å². The molecule has 3 nitrogen and oxygen atoms in total. The van der Waals surface area contributed by atoms with E-state index in [-0.39, 0.29) is 17.3 Å². The predicted molar refractivity (Wildman–Crippen MR) is 67.6 cm³/mol. The second kappa shape index (κ2) is 4.72. The highest BCUT2D eigenvalue weighted by atomic mass is 19.1. The van der Waals surface area contributed by atoms with Crippen LogP contribution in [-0.2, 0) is 0 Å². The van der Waals surface area contributed by atoms with Gasteiger partial charge in [-0.15, -0.1) is 0 Å². The molecule has 0 bridgehead atoms. The highest BCUT2D eigenvalue weighted by Crippen LogP contribution is 2.23. The Morgan fingerprint density at radius 2 is 2.11 bits per heavy atom. The number of halogens is 1. The molecule has 0 spiro atoms. The van der Waals surface area contributed by atoms with Crippen LogP contribution in [0.1, 0.15) is 42.9 Å². The largest absolute Gasteiger partial charge is 0.303 e. The van der Waals surface area contributed by atoms with Crippen LogP contribution >= 0.6 is 0 Å². The molecule has 0 saturated heterocycles. The summed E-state index contributed by atoms with van der Waals surface area (Å²) in [5.41, 5.74) is 0.654. The first-order chi connectivity index (χ1) is 8.52. The van der Waals surface area contributed by atoms with Crippen LogP contribution in [0.5, 0.6) is 0 Å². The number of carbonyl (C=O) groups is 1. The van der Waals surface area contributed by atoms with Gasteiger partial charge in [-0.1, -0.05) is 19.9 Å². The molecule has 4 heteroatoms. The molecule has 0 atom stereocenters. The Kier molecular flexibility index (Phi) is 3.28. The monoisotopic (exact) mass is 246 g/mol. The summed E-state index contributed by atoms with van der Waals surface area (Å²) < 4.78 is 15.5. The Morgan fingerprint density at radius 1 is 1.39 bits per heavy atom. The number of Topliss-reactive ketones (excluding diaryl/α,β-unsaturated/α-hetero) is 1. The summed E-state index contributed by atoms with van der Waals surface area (Å²) in [5, 5.41) is 0. The van der Waals surface area contributed by atoms with Crippen molar-refractivity contribution in [1.29, 1.82) is 0 Å². The molecule has 0 unspecified atom stereocenters. The van der Waals surface area contributed by atoms with Crippen molar-refractivity contribution in [3.8, 4) is 5.69 Å². The third-order valence-electron chi connectivity index (χ3n) is 2.79. The van der Waals surface area contributed by atoms with Gasteiger partial charge in [-0.3, -0.25) is 4.79 Å². The van der Waals surface area contributed by atoms with Crippen molar-refractivity contribution in [2.45, 2.75) is 26.7 Å². The zero-order valence-corrected chi connectivity index (χ0v) is 10.6. The molecule has 2 rings (SSSR count). The Bertz CT molecular complexity index is 587. The van der Waals surface area contributed by atoms with Gasteiger partial charge >= 0.3 is 0 Å². The van der Waals surface area contributed by atoms with Crippen molar-refractivity contribution < 1.29 is 9.18 Å². The van der Waals surface area contributed by atoms with Gasteiger partial charge < -0.3 is 4.57 Å². The molecule has 2 aromatic rings. The lowest BCUT2D eigenvalue weighted by molar-refractivity contribution is 0.101. The Hall–Kier alpha value is -1.97. The minimum atomic E-state index is -0.497. The lowest BCUT2D eigenvalue weighted by Gasteiger charge is -2.13. The van der Waals surface area contributed by atoms with Crippen molar-refractivity contribution in [2.75, 3.05) is 0 Å². The number of carbonyl (C=O) groups excluding carboxylic acids is 1. The Labute approximate surface area is 105 Å². The highest BCUT2D eigenvalue weighted by molar-refractivity contribution is 5.98. The SMILES string of the molecule is CC(=O)c1c(F)cccc1-n1ccnc1C(C)C. The van der Waals surface area contributed by atoms with Crippen LogP contribution in [0.3, 0.4) is 0 Å². The summed E-state index contributed by atoms with van der Waals surface area (Å²) in [7, 11) is 0. The van der Waals surface area contributed by atoms with Gasteiger partial charge in [-0.05, 0) is 19.1 Å². The molecule has 1 aromatic heterocycles. The molecule has 0 aliphatic rings. The second-order valence-corrected chi connectivity index (χ2v) is 4.50. The lowest BCUT2D eigenvalue weighted by atomic mass is 10.1. The van der Waals surface area contributed by atoms with E-state index in [1.165, 1.54) is 13.0 Å². The third-order valence-corrected chi connectivity index (χ3v) is 2.79. The van der Waals surface area contributed by atoms with E-state index in [2.05, 4.69) is 4.98 Å². The summed E-state index contributed by atoms with van der Waals surface area (Å²) >= 11 is 0. The second-order valence-electron chi connectivity index (χ2n) is 4.50. The first-order valence-electron chi connectivity index (χ1n) is 5.85. The van der Waals surface area contributed by atoms with Crippen LogP contribution in [0, 0.1) is 5.82 Å². The number of rotatable bonds is 3. The van der Waals surface area contributed by atoms with Crippen molar-refractivity contribution in [2.24, 2.45) is 0 Å². The number of nitrogens with zero attached hydrogens (tertiary/aromatic N) is 2. The Morgan fingerprint density at radius 3 is 2.72 bits per heavy atom. The van der Waals surface area contributed by atoms with E-state index in [4.69, 9.17) is 0 Å². The predicted octanol–water partition coefficient (Wildman–Crippen LogP) is 3.34. The van der Waals surface area contributed by atoms with Crippen LogP contribution in [0.15, 0.2) is 30.6 Å². The summed E-state index contributed by atoms with van der Waals surface area (Å²) in [6, 6.07) is 4.63. The van der Waals surface area contributed by atoms with Crippen molar-refractivity contribution >= 4 is 5.78 Å². The summed E-state index contributed by atoms with van der Waals surface area (Å²) in [6.45, 7) is 5.38. The fraction of sp³-hybridized carbons (Fsp3) is 0.286. The van der Waals surface area contributed by atoms with E-state index in [1.54, 1.807) is 29.1 Å². The maximum absolute atomic E-state index is 13.8. The molecular formula is C14H15FN2O. The first kappa shape index (κ1) is 12.5. The average Bonchev–Trinajstić information content (AvgIpc) is 2.76. The third kappa shape index (κ3) is 2.06. The van der Waals surface area contributed by atoms with Crippen LogP contribution in [-0.4, -0.2) is 15.3 Å². The van der Waals surface area contributed by atoms with Crippen LogP contribution in [0.4, 0.5) is 4.39 Å². The fourth-order valence-electron chi connectivity index (χ4n) is 2.01. The summed E-state index contributed by atoms with van der Waals surface area (Å²) in [4.78, 5) is 15.8. The Balaban J connectivity index is 2.68. The maximum Gasteiger partial charge on any atom is 0.164 e. The molecule has 0 aliphatic heterocycles. The highest BCUT2D eigenvalue weighted by Gasteiger charge is 2.17. The molecule has 0 radical (unpaired) electrons. The van der Waals surface area contributed by atoms with Gasteiger partial charge in [0.05, 0.1) is 11.3 Å². The first-order valence-corrected chi connectivity index (χ1v) is 5.85. The van der Waals surface area contributed by atoms with Crippen molar-refractivity contribution in [1.82, 2.24) is 9.55 Å². The number of hydrogen-bond donors (Lipinski definition) is 0. The van der Waals surface area contributed by atoms with Gasteiger partial charge in [0.15, 0.2) is 5.78 Å². The van der Waals surface area contributed by atoms with Gasteiger partial charge in [-0.2, -0.15) is 0 Å². The van der Waals surface area contributed by atoms with Crippen LogP contribution in [0.2, 0.25) is 0 Å². The smallest absolute Gasteiger partial charge is 0.164 e. The van der Waals surface area contributed by atoms with Gasteiger partial charge in [-0.25, -0.2) is 9.37 Å². The van der Waals surface area contributed by atoms with E-state index in [1.807, 2.05) is 13.8 Å². The average molecular weight is 246 g/mol. The molecule has 0 fully saturated rings. The van der Waals surface area contributed by atoms with E-state index in [9.17, 15) is 9.18 Å². The molecule has 0 saturated carbocycles. The van der Waals surface area contributed by atoms with Gasteiger partial charge in [0.25, 0.3) is 0 Å². The minimum absolute atomic E-state index is 0.109. The number of hydrogen-bond acceptors (Lipinski definition) is 2. The minimum Gasteiger partial charge on any atom is -0.303 e. The van der Waals surface area contributed by atoms with Crippen molar-refractivity contribution in [3.63, 3.8) is 0 Å². The summed E-state index contributed by atoms with van der Waals surface area (Å²) in [6.07, 6.45) is 3.40. The number of ketones is 1. The van der Waals surface area contributed by atoms with Gasteiger partial charge in [0.2, 0.25) is 0 Å². The van der Waals surface area contributed by atoms with E-state index in [0.29, 0.717) is 5.69 Å². The maximum atomic E-state index is 13.8. The molecule has 1 heterocycles. The van der Waals surface area contributed by atoms with E-state index >= 15 is 0 Å². The van der Waals surface area contributed by atoms with E-state index in [0.717, 1.165) is 5.82 Å². The number of benzene rings is 1.